The normalized spacial score (nSPS) is 13.1. The number of thiazole rings is 1. The molecular weight excluding hydrogens is 438 g/mol. The molecule has 0 radical (unpaired) electrons. The maximum atomic E-state index is 14.0. The van der Waals surface area contributed by atoms with Crippen LogP contribution < -0.4 is 10.2 Å². The first kappa shape index (κ1) is 22.2. The topological polar surface area (TPSA) is 125 Å². The van der Waals surface area contributed by atoms with Crippen LogP contribution in [0.2, 0.25) is 0 Å². The standard InChI is InChI=1S/C18H20F2N4O4S2/c1-9(2)6-11(7-25)21-15-14-16(24-18(26)29-14)23-17(22-15)30(27,28)8-10-4-3-5-12(19)13(10)20/h3-5,9,11,25H,6-8H2,1-2H3,(H2,21,22,23,24,26)/t11-/m1/s1. The highest BCUT2D eigenvalue weighted by molar-refractivity contribution is 7.90. The van der Waals surface area contributed by atoms with E-state index in [0.717, 1.165) is 23.5 Å². The van der Waals surface area contributed by atoms with Gasteiger partial charge in [-0.1, -0.05) is 37.3 Å². The molecule has 12 heteroatoms. The Hall–Kier alpha value is -2.44. The van der Waals surface area contributed by atoms with Gasteiger partial charge in [0.05, 0.1) is 18.4 Å². The van der Waals surface area contributed by atoms with Gasteiger partial charge in [-0.15, -0.1) is 0 Å². The van der Waals surface area contributed by atoms with E-state index >= 15 is 0 Å². The Morgan fingerprint density at radius 3 is 2.67 bits per heavy atom. The highest BCUT2D eigenvalue weighted by Crippen LogP contribution is 2.26. The van der Waals surface area contributed by atoms with Crippen LogP contribution in [0.5, 0.6) is 0 Å². The van der Waals surface area contributed by atoms with Crippen molar-refractivity contribution < 1.29 is 22.3 Å². The van der Waals surface area contributed by atoms with Crippen molar-refractivity contribution in [2.24, 2.45) is 5.92 Å². The number of aliphatic hydroxyl groups is 1. The molecule has 0 aliphatic carbocycles. The summed E-state index contributed by atoms with van der Waals surface area (Å²) in [5.41, 5.74) is -0.359. The van der Waals surface area contributed by atoms with Crippen LogP contribution in [0, 0.1) is 17.6 Å². The first-order valence-corrected chi connectivity index (χ1v) is 11.5. The highest BCUT2D eigenvalue weighted by atomic mass is 32.2. The molecule has 0 amide bonds. The Morgan fingerprint density at radius 2 is 2.00 bits per heavy atom. The molecule has 1 atom stereocenters. The molecule has 3 rings (SSSR count). The number of rotatable bonds is 8. The molecule has 0 saturated heterocycles. The lowest BCUT2D eigenvalue weighted by Gasteiger charge is -2.19. The number of nitrogens with zero attached hydrogens (tertiary/aromatic N) is 2. The molecule has 162 valence electrons. The molecule has 2 aromatic heterocycles. The van der Waals surface area contributed by atoms with Crippen molar-refractivity contribution in [1.29, 1.82) is 0 Å². The number of hydrogen-bond acceptors (Lipinski definition) is 8. The molecule has 3 N–H and O–H groups in total. The highest BCUT2D eigenvalue weighted by Gasteiger charge is 2.25. The summed E-state index contributed by atoms with van der Waals surface area (Å²) in [5.74, 6) is -2.98. The Balaban J connectivity index is 2.05. The quantitative estimate of drug-likeness (QED) is 0.443. The van der Waals surface area contributed by atoms with E-state index < -0.39 is 43.3 Å². The van der Waals surface area contributed by atoms with E-state index in [0.29, 0.717) is 11.1 Å². The number of anilines is 1. The first-order chi connectivity index (χ1) is 14.1. The monoisotopic (exact) mass is 458 g/mol. The van der Waals surface area contributed by atoms with Crippen LogP contribution in [0.25, 0.3) is 10.3 Å². The Bertz CT molecular complexity index is 1220. The second-order valence-electron chi connectivity index (χ2n) is 7.17. The lowest BCUT2D eigenvalue weighted by Crippen LogP contribution is -2.26. The molecule has 8 nitrogen and oxygen atoms in total. The fraction of sp³-hybridized carbons (Fsp3) is 0.389. The minimum absolute atomic E-state index is 0.00188. The lowest BCUT2D eigenvalue weighted by atomic mass is 10.0. The number of aromatic amines is 1. The zero-order chi connectivity index (χ0) is 22.1. The maximum Gasteiger partial charge on any atom is 0.306 e. The van der Waals surface area contributed by atoms with Crippen LogP contribution in [-0.4, -0.2) is 41.1 Å². The predicted molar refractivity (Wildman–Crippen MR) is 109 cm³/mol. The number of H-pyrrole nitrogens is 1. The number of halogens is 2. The summed E-state index contributed by atoms with van der Waals surface area (Å²) in [6.07, 6.45) is 0.567. The van der Waals surface area contributed by atoms with Gasteiger partial charge in [0, 0.05) is 5.56 Å². The molecule has 30 heavy (non-hydrogen) atoms. The summed E-state index contributed by atoms with van der Waals surface area (Å²) in [4.78, 5) is 21.7. The average Bonchev–Trinajstić information content (AvgIpc) is 3.05. The second kappa shape index (κ2) is 8.74. The maximum absolute atomic E-state index is 14.0. The van der Waals surface area contributed by atoms with Gasteiger partial charge in [0.25, 0.3) is 5.16 Å². The second-order valence-corrected chi connectivity index (χ2v) is 10.0. The van der Waals surface area contributed by atoms with Crippen LogP contribution in [-0.2, 0) is 15.6 Å². The summed E-state index contributed by atoms with van der Waals surface area (Å²) in [5, 5.41) is 11.9. The van der Waals surface area contributed by atoms with Crippen molar-refractivity contribution in [3.63, 3.8) is 0 Å². The van der Waals surface area contributed by atoms with Crippen LogP contribution in [0.15, 0.2) is 28.2 Å². The molecule has 3 aromatic rings. The summed E-state index contributed by atoms with van der Waals surface area (Å²) in [6.45, 7) is 3.68. The molecule has 0 saturated carbocycles. The number of fused-ring (bicyclic) bond motifs is 1. The summed E-state index contributed by atoms with van der Waals surface area (Å²) in [7, 11) is -4.27. The van der Waals surface area contributed by atoms with Crippen molar-refractivity contribution in [3.8, 4) is 0 Å². The van der Waals surface area contributed by atoms with Crippen molar-refractivity contribution in [3.05, 3.63) is 45.1 Å². The molecule has 1 aromatic carbocycles. The van der Waals surface area contributed by atoms with Crippen molar-refractivity contribution >= 4 is 37.3 Å². The van der Waals surface area contributed by atoms with E-state index in [1.54, 1.807) is 0 Å². The zero-order valence-corrected chi connectivity index (χ0v) is 17.8. The van der Waals surface area contributed by atoms with Crippen LogP contribution in [0.3, 0.4) is 0 Å². The van der Waals surface area contributed by atoms with Crippen molar-refractivity contribution in [2.45, 2.75) is 37.2 Å². The van der Waals surface area contributed by atoms with Gasteiger partial charge in [0.15, 0.2) is 23.1 Å². The van der Waals surface area contributed by atoms with Gasteiger partial charge in [-0.3, -0.25) is 9.78 Å². The van der Waals surface area contributed by atoms with E-state index in [1.165, 1.54) is 6.07 Å². The number of hydrogen-bond donors (Lipinski definition) is 3. The van der Waals surface area contributed by atoms with Gasteiger partial charge in [0.2, 0.25) is 9.84 Å². The van der Waals surface area contributed by atoms with E-state index in [2.05, 4.69) is 20.3 Å². The number of sulfone groups is 1. The molecule has 0 spiro atoms. The minimum atomic E-state index is -4.27. The molecule has 0 aliphatic heterocycles. The van der Waals surface area contributed by atoms with Gasteiger partial charge in [-0.25, -0.2) is 17.2 Å². The number of aromatic nitrogens is 3. The van der Waals surface area contributed by atoms with Gasteiger partial charge in [-0.05, 0) is 18.4 Å². The first-order valence-electron chi connectivity index (χ1n) is 9.04. The van der Waals surface area contributed by atoms with Crippen LogP contribution in [0.1, 0.15) is 25.8 Å². The largest absolute Gasteiger partial charge is 0.394 e. The van der Waals surface area contributed by atoms with Gasteiger partial charge < -0.3 is 10.4 Å². The molecular formula is C18H20F2N4O4S2. The Kier molecular flexibility index (Phi) is 6.48. The lowest BCUT2D eigenvalue weighted by molar-refractivity contribution is 0.259. The molecule has 0 aliphatic rings. The molecule has 2 heterocycles. The predicted octanol–water partition coefficient (Wildman–Crippen LogP) is 2.45. The van der Waals surface area contributed by atoms with Gasteiger partial charge >= 0.3 is 4.87 Å². The van der Waals surface area contributed by atoms with Gasteiger partial charge in [0.1, 0.15) is 4.70 Å². The van der Waals surface area contributed by atoms with Crippen molar-refractivity contribution in [1.82, 2.24) is 15.0 Å². The smallest absolute Gasteiger partial charge is 0.306 e. The number of benzene rings is 1. The van der Waals surface area contributed by atoms with E-state index in [9.17, 15) is 27.1 Å². The fourth-order valence-electron chi connectivity index (χ4n) is 2.93. The SMILES string of the molecule is CC(C)C[C@H](CO)Nc1nc(S(=O)(=O)Cc2cccc(F)c2F)nc2[nH]c(=O)sc12. The number of nitrogens with one attached hydrogen (secondary N) is 2. The molecule has 0 fully saturated rings. The summed E-state index contributed by atoms with van der Waals surface area (Å²) >= 11 is 0.793. The van der Waals surface area contributed by atoms with Gasteiger partial charge in [-0.2, -0.15) is 9.97 Å². The average molecular weight is 459 g/mol. The summed E-state index contributed by atoms with van der Waals surface area (Å²) < 4.78 is 53.3. The third-order valence-corrected chi connectivity index (χ3v) is 6.54. The fourth-order valence-corrected chi connectivity index (χ4v) is 4.88. The molecule has 0 unspecified atom stereocenters. The van der Waals surface area contributed by atoms with Crippen LogP contribution in [0.4, 0.5) is 14.6 Å². The minimum Gasteiger partial charge on any atom is -0.394 e. The third-order valence-electron chi connectivity index (χ3n) is 4.23. The third kappa shape index (κ3) is 4.82. The van der Waals surface area contributed by atoms with E-state index in [1.807, 2.05) is 13.8 Å². The molecule has 0 bridgehead atoms. The summed E-state index contributed by atoms with van der Waals surface area (Å²) in [6, 6.07) is 2.81. The number of aliphatic hydroxyl groups excluding tert-OH is 1. The van der Waals surface area contributed by atoms with Crippen LogP contribution >= 0.6 is 11.3 Å². The Labute approximate surface area is 174 Å². The van der Waals surface area contributed by atoms with Crippen molar-refractivity contribution in [2.75, 3.05) is 11.9 Å². The zero-order valence-electron chi connectivity index (χ0n) is 16.1. The van der Waals surface area contributed by atoms with E-state index in [4.69, 9.17) is 0 Å². The Morgan fingerprint density at radius 1 is 1.27 bits per heavy atom. The van der Waals surface area contributed by atoms with E-state index in [-0.39, 0.29) is 29.6 Å².